The van der Waals surface area contributed by atoms with Crippen LogP contribution in [0, 0.1) is 0 Å². The van der Waals surface area contributed by atoms with Gasteiger partial charge in [-0.2, -0.15) is 0 Å². The van der Waals surface area contributed by atoms with E-state index in [9.17, 15) is 14.4 Å². The van der Waals surface area contributed by atoms with Gasteiger partial charge >= 0.3 is 17.9 Å². The largest absolute Gasteiger partial charge is 0.423 e. The first-order valence-corrected chi connectivity index (χ1v) is 10.1. The van der Waals surface area contributed by atoms with E-state index in [1.165, 1.54) is 18.2 Å². The van der Waals surface area contributed by atoms with Crippen molar-refractivity contribution in [3.8, 4) is 17.2 Å². The van der Waals surface area contributed by atoms with Crippen molar-refractivity contribution >= 4 is 17.9 Å². The van der Waals surface area contributed by atoms with Crippen LogP contribution in [-0.4, -0.2) is 17.9 Å². The molecule has 0 fully saturated rings. The lowest BCUT2D eigenvalue weighted by Crippen LogP contribution is -2.12. The Bertz CT molecular complexity index is 1100. The van der Waals surface area contributed by atoms with Gasteiger partial charge in [-0.05, 0) is 36.4 Å². The summed E-state index contributed by atoms with van der Waals surface area (Å²) in [7, 11) is 0. The molecule has 0 radical (unpaired) electrons. The van der Waals surface area contributed by atoms with Gasteiger partial charge in [-0.15, -0.1) is 0 Å². The van der Waals surface area contributed by atoms with E-state index >= 15 is 0 Å². The Morgan fingerprint density at radius 1 is 0.394 bits per heavy atom. The predicted molar refractivity (Wildman–Crippen MR) is 121 cm³/mol. The highest BCUT2D eigenvalue weighted by Crippen LogP contribution is 2.30. The van der Waals surface area contributed by atoms with Gasteiger partial charge in [0.25, 0.3) is 0 Å². The van der Waals surface area contributed by atoms with Crippen molar-refractivity contribution in [2.45, 2.75) is 0 Å². The van der Waals surface area contributed by atoms with Crippen LogP contribution < -0.4 is 14.2 Å². The van der Waals surface area contributed by atoms with Gasteiger partial charge in [-0.3, -0.25) is 0 Å². The van der Waals surface area contributed by atoms with Gasteiger partial charge in [0.2, 0.25) is 0 Å². The van der Waals surface area contributed by atoms with Gasteiger partial charge in [0.15, 0.2) is 0 Å². The molecule has 0 aromatic heterocycles. The number of hydrogen-bond donors (Lipinski definition) is 0. The first-order valence-electron chi connectivity index (χ1n) is 10.1. The summed E-state index contributed by atoms with van der Waals surface area (Å²) in [6.45, 7) is 0. The molecule has 0 saturated heterocycles. The molecule has 0 aliphatic heterocycles. The van der Waals surface area contributed by atoms with E-state index in [-0.39, 0.29) is 17.2 Å². The molecule has 0 aliphatic rings. The van der Waals surface area contributed by atoms with Crippen molar-refractivity contribution < 1.29 is 28.6 Å². The highest BCUT2D eigenvalue weighted by atomic mass is 16.6. The van der Waals surface area contributed by atoms with Gasteiger partial charge in [-0.1, -0.05) is 54.6 Å². The third-order valence-corrected chi connectivity index (χ3v) is 4.51. The molecule has 0 aliphatic carbocycles. The van der Waals surface area contributed by atoms with E-state index in [0.29, 0.717) is 16.7 Å². The molecule has 0 unspecified atom stereocenters. The van der Waals surface area contributed by atoms with Gasteiger partial charge in [0.1, 0.15) is 17.2 Å². The molecule has 0 spiro atoms. The van der Waals surface area contributed by atoms with Gasteiger partial charge in [0, 0.05) is 18.2 Å². The van der Waals surface area contributed by atoms with Gasteiger partial charge < -0.3 is 14.2 Å². The molecule has 0 N–H and O–H groups in total. The average molecular weight is 438 g/mol. The SMILES string of the molecule is O=C(Oc1cc(OC(=O)c2ccccc2)cc(OC(=O)c2ccccc2)c1)c1ccccc1. The van der Waals surface area contributed by atoms with Crippen molar-refractivity contribution in [2.24, 2.45) is 0 Å². The summed E-state index contributed by atoms with van der Waals surface area (Å²) < 4.78 is 16.3. The number of benzene rings is 4. The molecule has 4 rings (SSSR count). The molecule has 0 heterocycles. The Morgan fingerprint density at radius 3 is 0.879 bits per heavy atom. The molecular formula is C27H18O6. The molecule has 162 valence electrons. The quantitative estimate of drug-likeness (QED) is 0.299. The maximum atomic E-state index is 12.5. The second kappa shape index (κ2) is 10.1. The van der Waals surface area contributed by atoms with Crippen molar-refractivity contribution in [3.63, 3.8) is 0 Å². The topological polar surface area (TPSA) is 78.9 Å². The fourth-order valence-electron chi connectivity index (χ4n) is 2.94. The molecule has 6 nitrogen and oxygen atoms in total. The molecule has 4 aromatic rings. The second-order valence-electron chi connectivity index (χ2n) is 6.91. The second-order valence-corrected chi connectivity index (χ2v) is 6.91. The fraction of sp³-hybridized carbons (Fsp3) is 0. The van der Waals surface area contributed by atoms with E-state index in [2.05, 4.69) is 0 Å². The summed E-state index contributed by atoms with van der Waals surface area (Å²) in [6.07, 6.45) is 0. The van der Waals surface area contributed by atoms with Gasteiger partial charge in [-0.25, -0.2) is 14.4 Å². The molecular weight excluding hydrogens is 420 g/mol. The predicted octanol–water partition coefficient (Wildman–Crippen LogP) is 5.34. The Morgan fingerprint density at radius 2 is 0.636 bits per heavy atom. The minimum atomic E-state index is -0.609. The lowest BCUT2D eigenvalue weighted by Gasteiger charge is -2.11. The first-order chi connectivity index (χ1) is 16.1. The highest BCUT2D eigenvalue weighted by molar-refractivity contribution is 5.93. The van der Waals surface area contributed by atoms with E-state index in [0.717, 1.165) is 0 Å². The number of ether oxygens (including phenoxy) is 3. The van der Waals surface area contributed by atoms with Crippen molar-refractivity contribution in [1.29, 1.82) is 0 Å². The lowest BCUT2D eigenvalue weighted by atomic mass is 10.2. The molecule has 0 amide bonds. The standard InChI is InChI=1S/C27H18O6/c28-25(19-10-4-1-5-11-19)31-22-16-23(32-26(29)20-12-6-2-7-13-20)18-24(17-22)33-27(30)21-14-8-3-9-15-21/h1-18H. The lowest BCUT2D eigenvalue weighted by molar-refractivity contribution is 0.0730. The van der Waals surface area contributed by atoms with Gasteiger partial charge in [0.05, 0.1) is 16.7 Å². The Hall–Kier alpha value is -4.71. The van der Waals surface area contributed by atoms with Crippen molar-refractivity contribution in [1.82, 2.24) is 0 Å². The molecule has 0 atom stereocenters. The third-order valence-electron chi connectivity index (χ3n) is 4.51. The van der Waals surface area contributed by atoms with Crippen LogP contribution in [0.15, 0.2) is 109 Å². The summed E-state index contributed by atoms with van der Waals surface area (Å²) in [5, 5.41) is 0. The summed E-state index contributed by atoms with van der Waals surface area (Å²) in [4.78, 5) is 37.5. The highest BCUT2D eigenvalue weighted by Gasteiger charge is 2.16. The van der Waals surface area contributed by atoms with Crippen LogP contribution in [0.5, 0.6) is 17.2 Å². The van der Waals surface area contributed by atoms with Crippen LogP contribution in [0.1, 0.15) is 31.1 Å². The maximum Gasteiger partial charge on any atom is 0.343 e. The zero-order chi connectivity index (χ0) is 23.0. The number of carbonyl (C=O) groups is 3. The van der Waals surface area contributed by atoms with Crippen LogP contribution in [0.4, 0.5) is 0 Å². The number of esters is 3. The molecule has 4 aromatic carbocycles. The zero-order valence-corrected chi connectivity index (χ0v) is 17.3. The molecule has 0 bridgehead atoms. The summed E-state index contributed by atoms with van der Waals surface area (Å²) in [5.41, 5.74) is 1.02. The Kier molecular flexibility index (Phi) is 6.56. The Labute approximate surface area is 190 Å². The number of rotatable bonds is 6. The third kappa shape index (κ3) is 5.71. The van der Waals surface area contributed by atoms with E-state index < -0.39 is 17.9 Å². The minimum Gasteiger partial charge on any atom is -0.423 e. The monoisotopic (exact) mass is 438 g/mol. The van der Waals surface area contributed by atoms with Crippen LogP contribution >= 0.6 is 0 Å². The summed E-state index contributed by atoms with van der Waals surface area (Å²) in [6, 6.07) is 29.4. The molecule has 0 saturated carbocycles. The summed E-state index contributed by atoms with van der Waals surface area (Å²) in [5.74, 6) is -1.67. The smallest absolute Gasteiger partial charge is 0.343 e. The van der Waals surface area contributed by atoms with E-state index in [1.54, 1.807) is 91.0 Å². The van der Waals surface area contributed by atoms with Crippen molar-refractivity contribution in [3.05, 3.63) is 126 Å². The molecule has 33 heavy (non-hydrogen) atoms. The molecule has 6 heteroatoms. The van der Waals surface area contributed by atoms with E-state index in [4.69, 9.17) is 14.2 Å². The van der Waals surface area contributed by atoms with Crippen LogP contribution in [-0.2, 0) is 0 Å². The van der Waals surface area contributed by atoms with Crippen molar-refractivity contribution in [2.75, 3.05) is 0 Å². The normalized spacial score (nSPS) is 10.2. The van der Waals surface area contributed by atoms with Crippen LogP contribution in [0.25, 0.3) is 0 Å². The minimum absolute atomic E-state index is 0.0538. The van der Waals surface area contributed by atoms with Crippen LogP contribution in [0.3, 0.4) is 0 Å². The van der Waals surface area contributed by atoms with Crippen LogP contribution in [0.2, 0.25) is 0 Å². The average Bonchev–Trinajstić information content (AvgIpc) is 2.85. The zero-order valence-electron chi connectivity index (χ0n) is 17.3. The first kappa shape index (κ1) is 21.5. The number of hydrogen-bond acceptors (Lipinski definition) is 6. The Balaban J connectivity index is 1.61. The number of carbonyl (C=O) groups excluding carboxylic acids is 3. The maximum absolute atomic E-state index is 12.5. The fourth-order valence-corrected chi connectivity index (χ4v) is 2.94. The van der Waals surface area contributed by atoms with E-state index in [1.807, 2.05) is 0 Å². The summed E-state index contributed by atoms with van der Waals surface area (Å²) >= 11 is 0.